The highest BCUT2D eigenvalue weighted by atomic mass is 35.5. The van der Waals surface area contributed by atoms with E-state index >= 15 is 0 Å². The van der Waals surface area contributed by atoms with Crippen molar-refractivity contribution in [2.24, 2.45) is 0 Å². The van der Waals surface area contributed by atoms with Crippen molar-refractivity contribution in [3.05, 3.63) is 35.9 Å². The van der Waals surface area contributed by atoms with Crippen LogP contribution >= 0.6 is 12.4 Å². The minimum atomic E-state index is -1.69. The summed E-state index contributed by atoms with van der Waals surface area (Å²) in [4.78, 5) is 11.8. The second-order valence-electron chi connectivity index (χ2n) is 4.38. The van der Waals surface area contributed by atoms with Crippen LogP contribution in [0.2, 0.25) is 0 Å². The highest BCUT2D eigenvalue weighted by Crippen LogP contribution is 2.23. The number of carbonyl (C=O) groups is 1. The molecular formula is C13H18ClFN2O. The van der Waals surface area contributed by atoms with Gasteiger partial charge in [-0.2, -0.15) is 0 Å². The molecule has 1 aromatic rings. The molecule has 1 aliphatic rings. The first-order valence-electron chi connectivity index (χ1n) is 5.93. The lowest BCUT2D eigenvalue weighted by Crippen LogP contribution is -2.49. The molecule has 2 N–H and O–H groups in total. The summed E-state index contributed by atoms with van der Waals surface area (Å²) in [6, 6.07) is 9.53. The smallest absolute Gasteiger partial charge is 0.258 e. The summed E-state index contributed by atoms with van der Waals surface area (Å²) >= 11 is 0. The standard InChI is InChI=1S/C13H17FN2O.ClH/c14-13(6-8-15-9-7-13)12(17)16-10-11-4-2-1-3-5-11;/h1-5,15H,6-10H2,(H,16,17);1H. The van der Waals surface area contributed by atoms with Crippen LogP contribution in [0.25, 0.3) is 0 Å². The van der Waals surface area contributed by atoms with E-state index in [9.17, 15) is 9.18 Å². The van der Waals surface area contributed by atoms with E-state index in [1.54, 1.807) is 0 Å². The molecule has 1 heterocycles. The van der Waals surface area contributed by atoms with E-state index < -0.39 is 11.6 Å². The molecule has 0 radical (unpaired) electrons. The number of hydrogen-bond donors (Lipinski definition) is 2. The molecule has 100 valence electrons. The third kappa shape index (κ3) is 3.68. The van der Waals surface area contributed by atoms with Gasteiger partial charge in [-0.15, -0.1) is 12.4 Å². The Bertz CT molecular complexity index is 380. The first-order valence-corrected chi connectivity index (χ1v) is 5.93. The topological polar surface area (TPSA) is 41.1 Å². The van der Waals surface area contributed by atoms with Crippen LogP contribution in [-0.2, 0) is 11.3 Å². The van der Waals surface area contributed by atoms with Gasteiger partial charge in [-0.1, -0.05) is 30.3 Å². The van der Waals surface area contributed by atoms with Gasteiger partial charge in [-0.05, 0) is 18.7 Å². The summed E-state index contributed by atoms with van der Waals surface area (Å²) in [6.45, 7) is 1.52. The predicted octanol–water partition coefficient (Wildman–Crippen LogP) is 1.82. The molecule has 1 fully saturated rings. The van der Waals surface area contributed by atoms with Gasteiger partial charge in [0.15, 0.2) is 5.67 Å². The molecule has 0 bridgehead atoms. The average molecular weight is 273 g/mol. The van der Waals surface area contributed by atoms with Gasteiger partial charge in [0.1, 0.15) is 0 Å². The van der Waals surface area contributed by atoms with Crippen LogP contribution < -0.4 is 10.6 Å². The maximum absolute atomic E-state index is 14.2. The maximum Gasteiger partial charge on any atom is 0.258 e. The fourth-order valence-corrected chi connectivity index (χ4v) is 1.99. The average Bonchev–Trinajstić information content (AvgIpc) is 2.38. The van der Waals surface area contributed by atoms with Crippen LogP contribution in [0.4, 0.5) is 4.39 Å². The molecular weight excluding hydrogens is 255 g/mol. The van der Waals surface area contributed by atoms with Crippen LogP contribution in [0.15, 0.2) is 30.3 Å². The zero-order chi connectivity index (χ0) is 12.1. The van der Waals surface area contributed by atoms with Crippen LogP contribution in [-0.4, -0.2) is 24.7 Å². The second-order valence-corrected chi connectivity index (χ2v) is 4.38. The highest BCUT2D eigenvalue weighted by molar-refractivity contribution is 5.85. The third-order valence-electron chi connectivity index (χ3n) is 3.10. The lowest BCUT2D eigenvalue weighted by molar-refractivity contribution is -0.134. The quantitative estimate of drug-likeness (QED) is 0.881. The van der Waals surface area contributed by atoms with Crippen molar-refractivity contribution in [3.63, 3.8) is 0 Å². The molecule has 0 aromatic heterocycles. The summed E-state index contributed by atoms with van der Waals surface area (Å²) in [5.41, 5.74) is -0.710. The summed E-state index contributed by atoms with van der Waals surface area (Å²) in [5, 5.41) is 5.72. The van der Waals surface area contributed by atoms with Gasteiger partial charge < -0.3 is 10.6 Å². The number of piperidine rings is 1. The minimum Gasteiger partial charge on any atom is -0.349 e. The van der Waals surface area contributed by atoms with E-state index in [0.717, 1.165) is 5.56 Å². The van der Waals surface area contributed by atoms with Crippen molar-refractivity contribution >= 4 is 18.3 Å². The van der Waals surface area contributed by atoms with E-state index in [1.165, 1.54) is 0 Å². The van der Waals surface area contributed by atoms with E-state index in [4.69, 9.17) is 0 Å². The van der Waals surface area contributed by atoms with Gasteiger partial charge in [0.2, 0.25) is 0 Å². The molecule has 2 rings (SSSR count). The molecule has 0 atom stereocenters. The van der Waals surface area contributed by atoms with Crippen molar-refractivity contribution in [2.75, 3.05) is 13.1 Å². The van der Waals surface area contributed by atoms with E-state index in [-0.39, 0.29) is 25.2 Å². The van der Waals surface area contributed by atoms with Crippen molar-refractivity contribution in [3.8, 4) is 0 Å². The van der Waals surface area contributed by atoms with Gasteiger partial charge in [-0.3, -0.25) is 4.79 Å². The van der Waals surface area contributed by atoms with Gasteiger partial charge in [0.05, 0.1) is 0 Å². The first-order chi connectivity index (χ1) is 8.21. The fourth-order valence-electron chi connectivity index (χ4n) is 1.99. The Kier molecular flexibility index (Phi) is 5.56. The molecule has 0 saturated carbocycles. The fraction of sp³-hybridized carbons (Fsp3) is 0.462. The number of rotatable bonds is 3. The van der Waals surface area contributed by atoms with E-state index in [2.05, 4.69) is 10.6 Å². The van der Waals surface area contributed by atoms with Crippen LogP contribution in [0.1, 0.15) is 18.4 Å². The lowest BCUT2D eigenvalue weighted by Gasteiger charge is -2.28. The largest absolute Gasteiger partial charge is 0.349 e. The van der Waals surface area contributed by atoms with Crippen LogP contribution in [0.5, 0.6) is 0 Å². The van der Waals surface area contributed by atoms with Crippen molar-refractivity contribution < 1.29 is 9.18 Å². The summed E-state index contributed by atoms with van der Waals surface area (Å²) in [6.07, 6.45) is 0.515. The number of hydrogen-bond acceptors (Lipinski definition) is 2. The Morgan fingerprint density at radius 3 is 2.50 bits per heavy atom. The molecule has 3 nitrogen and oxygen atoms in total. The van der Waals surface area contributed by atoms with E-state index in [1.807, 2.05) is 30.3 Å². The molecule has 18 heavy (non-hydrogen) atoms. The SMILES string of the molecule is Cl.O=C(NCc1ccccc1)C1(F)CCNCC1. The minimum absolute atomic E-state index is 0. The van der Waals surface area contributed by atoms with Crippen LogP contribution in [0.3, 0.4) is 0 Å². The molecule has 0 unspecified atom stereocenters. The zero-order valence-electron chi connectivity index (χ0n) is 10.1. The second kappa shape index (κ2) is 6.71. The number of carbonyl (C=O) groups excluding carboxylic acids is 1. The van der Waals surface area contributed by atoms with Crippen LogP contribution in [0, 0.1) is 0 Å². The first kappa shape index (κ1) is 14.9. The van der Waals surface area contributed by atoms with Crippen molar-refractivity contribution in [1.29, 1.82) is 0 Å². The van der Waals surface area contributed by atoms with Gasteiger partial charge in [0, 0.05) is 19.4 Å². The molecule has 0 spiro atoms. The zero-order valence-corrected chi connectivity index (χ0v) is 10.9. The Balaban J connectivity index is 0.00000162. The summed E-state index contributed by atoms with van der Waals surface area (Å²) < 4.78 is 14.2. The predicted molar refractivity (Wildman–Crippen MR) is 71.5 cm³/mol. The number of alkyl halides is 1. The highest BCUT2D eigenvalue weighted by Gasteiger charge is 2.39. The number of halogens is 2. The Morgan fingerprint density at radius 1 is 1.28 bits per heavy atom. The van der Waals surface area contributed by atoms with Gasteiger partial charge in [0.25, 0.3) is 5.91 Å². The Hall–Kier alpha value is -1.13. The van der Waals surface area contributed by atoms with Crippen molar-refractivity contribution in [1.82, 2.24) is 10.6 Å². The molecule has 5 heteroatoms. The molecule has 1 aliphatic heterocycles. The number of benzene rings is 1. The molecule has 0 aliphatic carbocycles. The Morgan fingerprint density at radius 2 is 1.89 bits per heavy atom. The maximum atomic E-state index is 14.2. The molecule has 1 aromatic carbocycles. The van der Waals surface area contributed by atoms with Gasteiger partial charge in [-0.25, -0.2) is 4.39 Å². The number of amides is 1. The van der Waals surface area contributed by atoms with E-state index in [0.29, 0.717) is 19.6 Å². The molecule has 1 amide bonds. The Labute approximate surface area is 113 Å². The monoisotopic (exact) mass is 272 g/mol. The third-order valence-corrected chi connectivity index (χ3v) is 3.10. The normalized spacial score (nSPS) is 17.6. The number of nitrogens with one attached hydrogen (secondary N) is 2. The lowest BCUT2D eigenvalue weighted by atomic mass is 9.93. The molecule has 1 saturated heterocycles. The summed E-state index contributed by atoms with van der Waals surface area (Å²) in [7, 11) is 0. The summed E-state index contributed by atoms with van der Waals surface area (Å²) in [5.74, 6) is -0.483. The van der Waals surface area contributed by atoms with Crippen molar-refractivity contribution in [2.45, 2.75) is 25.1 Å². The van der Waals surface area contributed by atoms with Gasteiger partial charge >= 0.3 is 0 Å².